The van der Waals surface area contributed by atoms with Gasteiger partial charge >= 0.3 is 0 Å². The van der Waals surface area contributed by atoms with Gasteiger partial charge in [0, 0.05) is 36.8 Å². The summed E-state index contributed by atoms with van der Waals surface area (Å²) in [5.74, 6) is 0.105. The predicted molar refractivity (Wildman–Crippen MR) is 83.3 cm³/mol. The molecule has 0 N–H and O–H groups in total. The lowest BCUT2D eigenvalue weighted by Gasteiger charge is -2.15. The van der Waals surface area contributed by atoms with E-state index in [1.54, 1.807) is 22.4 Å². The van der Waals surface area contributed by atoms with Gasteiger partial charge in [0.05, 0.1) is 4.88 Å². The van der Waals surface area contributed by atoms with E-state index in [1.807, 2.05) is 31.3 Å². The molecule has 0 bridgehead atoms. The lowest BCUT2D eigenvalue weighted by Crippen LogP contribution is -2.28. The van der Waals surface area contributed by atoms with Crippen molar-refractivity contribution in [1.82, 2.24) is 9.88 Å². The maximum absolute atomic E-state index is 12.4. The number of hydrogen-bond donors (Lipinski definition) is 0. The monoisotopic (exact) mass is 288 g/mol. The first-order valence-electron chi connectivity index (χ1n) is 6.86. The van der Waals surface area contributed by atoms with E-state index in [0.29, 0.717) is 6.54 Å². The van der Waals surface area contributed by atoms with Crippen LogP contribution in [0.1, 0.15) is 32.7 Å². The summed E-state index contributed by atoms with van der Waals surface area (Å²) in [6.07, 6.45) is 3.55. The summed E-state index contributed by atoms with van der Waals surface area (Å²) in [4.78, 5) is 20.5. The average molecular weight is 288 g/mol. The molecule has 4 heteroatoms. The molecule has 0 atom stereocenters. The van der Waals surface area contributed by atoms with E-state index in [9.17, 15) is 4.79 Å². The van der Waals surface area contributed by atoms with Crippen LogP contribution in [0, 0.1) is 6.92 Å². The van der Waals surface area contributed by atoms with E-state index < -0.39 is 0 Å². The highest BCUT2D eigenvalue weighted by Gasteiger charge is 2.15. The second-order valence-corrected chi connectivity index (χ2v) is 6.10. The number of likely N-dealkylation sites (N-methyl/N-ethyl adjacent to an activating group) is 1. The van der Waals surface area contributed by atoms with E-state index in [2.05, 4.69) is 18.8 Å². The quantitative estimate of drug-likeness (QED) is 0.845. The molecule has 0 aliphatic carbocycles. The Hall–Kier alpha value is -1.68. The lowest BCUT2D eigenvalue weighted by molar-refractivity contribution is 0.0801. The Balaban J connectivity index is 1.98. The summed E-state index contributed by atoms with van der Waals surface area (Å²) >= 11 is 1.59. The van der Waals surface area contributed by atoms with Crippen molar-refractivity contribution in [2.24, 2.45) is 0 Å². The van der Waals surface area contributed by atoms with Gasteiger partial charge in [-0.2, -0.15) is 0 Å². The molecular weight excluding hydrogens is 268 g/mol. The van der Waals surface area contributed by atoms with Crippen LogP contribution in [0.4, 0.5) is 0 Å². The number of aromatic nitrogens is 1. The molecule has 0 aromatic carbocycles. The molecule has 0 saturated carbocycles. The molecule has 2 rings (SSSR count). The summed E-state index contributed by atoms with van der Waals surface area (Å²) in [6.45, 7) is 4.89. The van der Waals surface area contributed by atoms with Gasteiger partial charge in [0.2, 0.25) is 0 Å². The Morgan fingerprint density at radius 1 is 1.40 bits per heavy atom. The lowest BCUT2D eigenvalue weighted by atomic mass is 10.2. The van der Waals surface area contributed by atoms with Crippen molar-refractivity contribution < 1.29 is 4.79 Å². The van der Waals surface area contributed by atoms with Crippen LogP contribution in [0.5, 0.6) is 0 Å². The van der Waals surface area contributed by atoms with Gasteiger partial charge in [0.25, 0.3) is 5.91 Å². The number of nitrogens with zero attached hydrogens (tertiary/aromatic N) is 2. The maximum Gasteiger partial charge on any atom is 0.263 e. The molecule has 3 nitrogen and oxygen atoms in total. The third-order valence-corrected chi connectivity index (χ3v) is 4.47. The number of pyridine rings is 1. The maximum atomic E-state index is 12.4. The number of hydrogen-bond acceptors (Lipinski definition) is 3. The van der Waals surface area contributed by atoms with Crippen molar-refractivity contribution in [3.05, 3.63) is 51.5 Å². The normalized spacial score (nSPS) is 10.6. The molecule has 0 saturated heterocycles. The van der Waals surface area contributed by atoms with E-state index >= 15 is 0 Å². The molecule has 20 heavy (non-hydrogen) atoms. The molecule has 106 valence electrons. The molecule has 1 amide bonds. The van der Waals surface area contributed by atoms with Crippen LogP contribution in [0.2, 0.25) is 0 Å². The molecule has 0 aliphatic heterocycles. The second kappa shape index (κ2) is 6.66. The summed E-state index contributed by atoms with van der Waals surface area (Å²) in [6, 6.07) is 7.89. The molecule has 0 unspecified atom stereocenters. The Kier molecular flexibility index (Phi) is 4.90. The van der Waals surface area contributed by atoms with E-state index in [-0.39, 0.29) is 5.91 Å². The third-order valence-electron chi connectivity index (χ3n) is 3.39. The van der Waals surface area contributed by atoms with Gasteiger partial charge in [-0.05, 0) is 37.1 Å². The number of thiophene rings is 1. The van der Waals surface area contributed by atoms with Crippen LogP contribution < -0.4 is 0 Å². The van der Waals surface area contributed by atoms with Crippen molar-refractivity contribution in [2.75, 3.05) is 13.6 Å². The van der Waals surface area contributed by atoms with Crippen molar-refractivity contribution in [2.45, 2.75) is 26.7 Å². The van der Waals surface area contributed by atoms with Crippen LogP contribution in [0.25, 0.3) is 0 Å². The van der Waals surface area contributed by atoms with Gasteiger partial charge < -0.3 is 4.90 Å². The van der Waals surface area contributed by atoms with Gasteiger partial charge in [-0.25, -0.2) is 0 Å². The number of aryl methyl sites for hydroxylation is 2. The number of rotatable bonds is 5. The zero-order valence-corrected chi connectivity index (χ0v) is 13.0. The molecule has 2 heterocycles. The highest BCUT2D eigenvalue weighted by molar-refractivity contribution is 7.14. The van der Waals surface area contributed by atoms with Crippen LogP contribution >= 0.6 is 11.3 Å². The minimum atomic E-state index is 0.105. The van der Waals surface area contributed by atoms with Gasteiger partial charge in [0.15, 0.2) is 0 Å². The molecule has 2 aromatic rings. The van der Waals surface area contributed by atoms with Gasteiger partial charge in [-0.15, -0.1) is 11.3 Å². The second-order valence-electron chi connectivity index (χ2n) is 4.84. The van der Waals surface area contributed by atoms with Crippen molar-refractivity contribution >= 4 is 17.2 Å². The smallest absolute Gasteiger partial charge is 0.263 e. The molecule has 0 radical (unpaired) electrons. The first-order chi connectivity index (χ1) is 9.61. The summed E-state index contributed by atoms with van der Waals surface area (Å²) in [5.41, 5.74) is 2.29. The Morgan fingerprint density at radius 3 is 2.80 bits per heavy atom. The number of amides is 1. The van der Waals surface area contributed by atoms with Crippen LogP contribution in [0.15, 0.2) is 30.5 Å². The minimum Gasteiger partial charge on any atom is -0.341 e. The Labute approximate surface area is 124 Å². The first-order valence-corrected chi connectivity index (χ1v) is 7.68. The third kappa shape index (κ3) is 3.45. The fraction of sp³-hybridized carbons (Fsp3) is 0.375. The molecule has 0 aliphatic rings. The van der Waals surface area contributed by atoms with Crippen LogP contribution in [0.3, 0.4) is 0 Å². The predicted octanol–water partition coefficient (Wildman–Crippen LogP) is 3.33. The largest absolute Gasteiger partial charge is 0.341 e. The Morgan fingerprint density at radius 2 is 2.20 bits per heavy atom. The highest BCUT2D eigenvalue weighted by atomic mass is 32.1. The van der Waals surface area contributed by atoms with Crippen molar-refractivity contribution in [3.8, 4) is 0 Å². The zero-order valence-electron chi connectivity index (χ0n) is 12.2. The van der Waals surface area contributed by atoms with Crippen molar-refractivity contribution in [1.29, 1.82) is 0 Å². The summed E-state index contributed by atoms with van der Waals surface area (Å²) in [5, 5.41) is 0. The van der Waals surface area contributed by atoms with Crippen LogP contribution in [-0.2, 0) is 12.8 Å². The highest BCUT2D eigenvalue weighted by Crippen LogP contribution is 2.23. The van der Waals surface area contributed by atoms with Crippen LogP contribution in [-0.4, -0.2) is 29.4 Å². The fourth-order valence-electron chi connectivity index (χ4n) is 2.09. The SMILES string of the molecule is CCc1cc(C(=O)N(C)CCc2ccccn2)sc1C. The number of carbonyl (C=O) groups is 1. The standard InChI is InChI=1S/C16H20N2OS/c1-4-13-11-15(20-12(13)2)16(19)18(3)10-8-14-7-5-6-9-17-14/h5-7,9,11H,4,8,10H2,1-3H3. The molecule has 2 aromatic heterocycles. The first kappa shape index (κ1) is 14.7. The van der Waals surface area contributed by atoms with Crippen molar-refractivity contribution in [3.63, 3.8) is 0 Å². The number of carbonyl (C=O) groups excluding carboxylic acids is 1. The zero-order chi connectivity index (χ0) is 14.5. The minimum absolute atomic E-state index is 0.105. The van der Waals surface area contributed by atoms with E-state index in [4.69, 9.17) is 0 Å². The van der Waals surface area contributed by atoms with E-state index in [1.165, 1.54) is 10.4 Å². The summed E-state index contributed by atoms with van der Waals surface area (Å²) < 4.78 is 0. The summed E-state index contributed by atoms with van der Waals surface area (Å²) in [7, 11) is 1.85. The molecule has 0 spiro atoms. The fourth-order valence-corrected chi connectivity index (χ4v) is 3.20. The van der Waals surface area contributed by atoms with E-state index in [0.717, 1.165) is 23.4 Å². The molecular formula is C16H20N2OS. The topological polar surface area (TPSA) is 33.2 Å². The molecule has 0 fully saturated rings. The van der Waals surface area contributed by atoms with Gasteiger partial charge in [-0.3, -0.25) is 9.78 Å². The van der Waals surface area contributed by atoms with Gasteiger partial charge in [0.1, 0.15) is 0 Å². The Bertz CT molecular complexity index is 577. The average Bonchev–Trinajstić information content (AvgIpc) is 2.86. The van der Waals surface area contributed by atoms with Gasteiger partial charge in [-0.1, -0.05) is 13.0 Å².